The largest absolute Gasteiger partial charge is 0.370 e. The molecule has 2 bridgehead atoms. The van der Waals surface area contributed by atoms with Gasteiger partial charge in [0.2, 0.25) is 5.91 Å². The highest BCUT2D eigenvalue weighted by Gasteiger charge is 2.42. The Kier molecular flexibility index (Phi) is 6.50. The van der Waals surface area contributed by atoms with Crippen molar-refractivity contribution in [3.63, 3.8) is 0 Å². The van der Waals surface area contributed by atoms with Crippen LogP contribution in [0.25, 0.3) is 0 Å². The highest BCUT2D eigenvalue weighted by Crippen LogP contribution is 2.42. The summed E-state index contributed by atoms with van der Waals surface area (Å²) in [7, 11) is 0. The second-order valence-electron chi connectivity index (χ2n) is 7.86. The molecule has 1 saturated heterocycles. The number of amides is 1. The number of nitrogens with zero attached hydrogens (tertiary/aromatic N) is 1. The number of carbonyl (C=O) groups excluding carboxylic acids is 1. The summed E-state index contributed by atoms with van der Waals surface area (Å²) in [5, 5.41) is 0.708. The van der Waals surface area contributed by atoms with Crippen molar-refractivity contribution < 1.29 is 9.53 Å². The van der Waals surface area contributed by atoms with Crippen LogP contribution in [0.15, 0.2) is 24.3 Å². The van der Waals surface area contributed by atoms with Crippen molar-refractivity contribution in [3.8, 4) is 0 Å². The molecule has 3 atom stereocenters. The minimum absolute atomic E-state index is 0. The van der Waals surface area contributed by atoms with Crippen molar-refractivity contribution in [1.29, 1.82) is 0 Å². The van der Waals surface area contributed by atoms with Crippen LogP contribution in [0.3, 0.4) is 0 Å². The van der Waals surface area contributed by atoms with Crippen molar-refractivity contribution in [1.82, 2.24) is 4.90 Å². The number of fused-ring (bicyclic) bond motifs is 2. The third-order valence-electron chi connectivity index (χ3n) is 6.39. The molecule has 4 rings (SSSR count). The molecule has 2 saturated carbocycles. The molecule has 1 aromatic carbocycles. The van der Waals surface area contributed by atoms with Crippen LogP contribution in [0.1, 0.15) is 43.8 Å². The van der Waals surface area contributed by atoms with Crippen LogP contribution in [0.5, 0.6) is 0 Å². The molecule has 6 heteroatoms. The topological polar surface area (TPSA) is 55.6 Å². The number of benzene rings is 1. The van der Waals surface area contributed by atoms with Crippen molar-refractivity contribution >= 4 is 29.9 Å². The molecule has 4 nitrogen and oxygen atoms in total. The predicted octanol–water partition coefficient (Wildman–Crippen LogP) is 3.82. The Morgan fingerprint density at radius 1 is 1.19 bits per heavy atom. The molecule has 0 spiro atoms. The average molecular weight is 399 g/mol. The molecule has 0 aromatic heterocycles. The number of ether oxygens (including phenoxy) is 1. The fourth-order valence-corrected chi connectivity index (χ4v) is 5.28. The van der Waals surface area contributed by atoms with E-state index in [0.29, 0.717) is 48.5 Å². The lowest BCUT2D eigenvalue weighted by Gasteiger charge is -2.45. The summed E-state index contributed by atoms with van der Waals surface area (Å²) in [5.41, 5.74) is 7.36. The van der Waals surface area contributed by atoms with E-state index < -0.39 is 0 Å². The molecule has 1 amide bonds. The van der Waals surface area contributed by atoms with E-state index in [1.807, 2.05) is 29.2 Å². The zero-order chi connectivity index (χ0) is 17.4. The van der Waals surface area contributed by atoms with Gasteiger partial charge in [-0.3, -0.25) is 4.79 Å². The monoisotopic (exact) mass is 398 g/mol. The molecule has 1 aliphatic heterocycles. The van der Waals surface area contributed by atoms with E-state index in [2.05, 4.69) is 0 Å². The third kappa shape index (κ3) is 3.89. The van der Waals surface area contributed by atoms with Gasteiger partial charge in [-0.15, -0.1) is 12.4 Å². The van der Waals surface area contributed by atoms with Crippen molar-refractivity contribution in [2.45, 2.75) is 44.2 Å². The number of halogens is 2. The lowest BCUT2D eigenvalue weighted by molar-refractivity contribution is -0.146. The van der Waals surface area contributed by atoms with Gasteiger partial charge in [0, 0.05) is 29.1 Å². The molecule has 3 aliphatic rings. The molecular weight excluding hydrogens is 371 g/mol. The molecule has 144 valence electrons. The van der Waals surface area contributed by atoms with E-state index in [1.54, 1.807) is 0 Å². The van der Waals surface area contributed by atoms with Gasteiger partial charge in [0.15, 0.2) is 0 Å². The third-order valence-corrected chi connectivity index (χ3v) is 6.74. The van der Waals surface area contributed by atoms with Crippen LogP contribution in [-0.4, -0.2) is 36.5 Å². The fourth-order valence-electron chi connectivity index (χ4n) is 5.02. The lowest BCUT2D eigenvalue weighted by atomic mass is 9.65. The van der Waals surface area contributed by atoms with E-state index in [1.165, 1.54) is 19.3 Å². The van der Waals surface area contributed by atoms with Gasteiger partial charge in [0.05, 0.1) is 13.2 Å². The second-order valence-corrected chi connectivity index (χ2v) is 8.27. The number of hydrogen-bond acceptors (Lipinski definition) is 3. The Balaban J connectivity index is 0.00000196. The van der Waals surface area contributed by atoms with Gasteiger partial charge in [0.25, 0.3) is 0 Å². The fraction of sp³-hybridized carbons (Fsp3) is 0.650. The maximum atomic E-state index is 13.1. The van der Waals surface area contributed by atoms with Crippen LogP contribution < -0.4 is 5.73 Å². The van der Waals surface area contributed by atoms with Crippen molar-refractivity contribution in [2.75, 3.05) is 19.7 Å². The van der Waals surface area contributed by atoms with Crippen LogP contribution in [0.4, 0.5) is 0 Å². The first kappa shape index (κ1) is 19.9. The quantitative estimate of drug-likeness (QED) is 0.823. The summed E-state index contributed by atoms with van der Waals surface area (Å²) < 4.78 is 5.91. The molecule has 3 unspecified atom stereocenters. The van der Waals surface area contributed by atoms with Gasteiger partial charge >= 0.3 is 0 Å². The minimum atomic E-state index is -0.128. The first-order valence-electron chi connectivity index (χ1n) is 9.54. The molecular formula is C20H28Cl2N2O2. The van der Waals surface area contributed by atoms with Crippen LogP contribution in [-0.2, 0) is 9.53 Å². The molecule has 3 fully saturated rings. The first-order valence-corrected chi connectivity index (χ1v) is 9.91. The maximum absolute atomic E-state index is 13.1. The Bertz CT molecular complexity index is 628. The highest BCUT2D eigenvalue weighted by molar-refractivity contribution is 6.31. The zero-order valence-electron chi connectivity index (χ0n) is 15.0. The van der Waals surface area contributed by atoms with Gasteiger partial charge < -0.3 is 15.4 Å². The predicted molar refractivity (Wildman–Crippen MR) is 106 cm³/mol. The summed E-state index contributed by atoms with van der Waals surface area (Å²) in [4.78, 5) is 15.1. The van der Waals surface area contributed by atoms with Gasteiger partial charge in [0.1, 0.15) is 6.10 Å². The summed E-state index contributed by atoms with van der Waals surface area (Å²) in [6.07, 6.45) is 5.45. The Hall–Kier alpha value is -0.810. The van der Waals surface area contributed by atoms with Gasteiger partial charge in [-0.25, -0.2) is 0 Å². The number of morpholine rings is 1. The molecule has 2 aliphatic carbocycles. The lowest BCUT2D eigenvalue weighted by Crippen LogP contribution is -2.51. The number of hydrogen-bond donors (Lipinski definition) is 1. The van der Waals surface area contributed by atoms with Crippen molar-refractivity contribution in [3.05, 3.63) is 34.9 Å². The molecule has 0 radical (unpaired) electrons. The Morgan fingerprint density at radius 3 is 2.58 bits per heavy atom. The van der Waals surface area contributed by atoms with Crippen LogP contribution in [0, 0.1) is 17.8 Å². The number of carbonyl (C=O) groups is 1. The molecule has 2 N–H and O–H groups in total. The van der Waals surface area contributed by atoms with Crippen LogP contribution >= 0.6 is 24.0 Å². The highest BCUT2D eigenvalue weighted by atomic mass is 35.5. The molecule has 1 heterocycles. The normalized spacial score (nSPS) is 34.1. The van der Waals surface area contributed by atoms with E-state index in [0.717, 1.165) is 18.4 Å². The molecule has 26 heavy (non-hydrogen) atoms. The van der Waals surface area contributed by atoms with E-state index in [-0.39, 0.29) is 24.4 Å². The zero-order valence-corrected chi connectivity index (χ0v) is 16.6. The van der Waals surface area contributed by atoms with Crippen LogP contribution in [0.2, 0.25) is 5.02 Å². The van der Waals surface area contributed by atoms with Gasteiger partial charge in [-0.05, 0) is 43.6 Å². The Morgan fingerprint density at radius 2 is 1.88 bits per heavy atom. The first-order chi connectivity index (χ1) is 12.1. The van der Waals surface area contributed by atoms with Gasteiger partial charge in [-0.1, -0.05) is 36.2 Å². The van der Waals surface area contributed by atoms with Gasteiger partial charge in [-0.2, -0.15) is 0 Å². The smallest absolute Gasteiger partial charge is 0.225 e. The standard InChI is InChI=1S/C20H27ClN2O2.ClH/c21-17-7-2-1-6-16(17)18-12-23(8-9-25-18)20(24)15-10-13-4-3-5-14(11-15)19(13)22;/h1-2,6-7,13-15,18-19H,3-5,8-12,22H2;1H. The van der Waals surface area contributed by atoms with Crippen molar-refractivity contribution in [2.24, 2.45) is 23.5 Å². The Labute approximate surface area is 166 Å². The van der Waals surface area contributed by atoms with E-state index in [9.17, 15) is 4.79 Å². The van der Waals surface area contributed by atoms with E-state index >= 15 is 0 Å². The summed E-state index contributed by atoms with van der Waals surface area (Å²) in [6, 6.07) is 8.06. The number of rotatable bonds is 2. The minimum Gasteiger partial charge on any atom is -0.370 e. The summed E-state index contributed by atoms with van der Waals surface area (Å²) in [6.45, 7) is 1.85. The number of nitrogens with two attached hydrogens (primary N) is 1. The summed E-state index contributed by atoms with van der Waals surface area (Å²) >= 11 is 6.32. The SMILES string of the molecule is Cl.NC1C2CCCC1CC(C(=O)N1CCOC(c3ccccc3Cl)C1)C2. The second kappa shape index (κ2) is 8.47. The average Bonchev–Trinajstić information content (AvgIpc) is 2.61. The molecule has 1 aromatic rings. The van der Waals surface area contributed by atoms with E-state index in [4.69, 9.17) is 22.1 Å². The maximum Gasteiger partial charge on any atom is 0.225 e. The summed E-state index contributed by atoms with van der Waals surface area (Å²) in [5.74, 6) is 1.49.